The predicted molar refractivity (Wildman–Crippen MR) is 66.0 cm³/mol. The maximum Gasteiger partial charge on any atom is 0.113 e. The average molecular weight is 224 g/mol. The largest absolute Gasteiger partial charge is 0.264 e. The molecule has 0 aliphatic carbocycles. The fraction of sp³-hybridized carbons (Fsp3) is 0.154. The molecule has 0 aliphatic rings. The standard InChI is InChI=1S/C13H12N4/c1-2-10-9-14-8-7-12(10)17-13-6-4-3-5-11(13)15-16-17/h3-9H,2H2,1H3. The van der Waals surface area contributed by atoms with Gasteiger partial charge in [-0.05, 0) is 30.2 Å². The van der Waals surface area contributed by atoms with Gasteiger partial charge in [0.25, 0.3) is 0 Å². The Morgan fingerprint density at radius 1 is 1.18 bits per heavy atom. The number of hydrogen-bond donors (Lipinski definition) is 0. The second-order valence-corrected chi connectivity index (χ2v) is 3.85. The highest BCUT2D eigenvalue weighted by Crippen LogP contribution is 2.18. The first-order chi connectivity index (χ1) is 8.40. The highest BCUT2D eigenvalue weighted by atomic mass is 15.4. The van der Waals surface area contributed by atoms with E-state index in [1.165, 1.54) is 5.56 Å². The number of aromatic nitrogens is 4. The Morgan fingerprint density at radius 2 is 2.06 bits per heavy atom. The van der Waals surface area contributed by atoms with E-state index in [-0.39, 0.29) is 0 Å². The van der Waals surface area contributed by atoms with Crippen molar-refractivity contribution in [3.63, 3.8) is 0 Å². The molecule has 0 saturated carbocycles. The quantitative estimate of drug-likeness (QED) is 0.671. The molecule has 0 amide bonds. The highest BCUT2D eigenvalue weighted by molar-refractivity contribution is 5.76. The monoisotopic (exact) mass is 224 g/mol. The van der Waals surface area contributed by atoms with Gasteiger partial charge in [0.1, 0.15) is 5.52 Å². The normalized spacial score (nSPS) is 10.9. The van der Waals surface area contributed by atoms with Gasteiger partial charge in [0.05, 0.1) is 11.2 Å². The van der Waals surface area contributed by atoms with Crippen LogP contribution in [0.4, 0.5) is 0 Å². The molecule has 0 radical (unpaired) electrons. The summed E-state index contributed by atoms with van der Waals surface area (Å²) in [4.78, 5) is 4.14. The molecule has 0 atom stereocenters. The maximum absolute atomic E-state index is 4.21. The van der Waals surface area contributed by atoms with Crippen molar-refractivity contribution in [1.82, 2.24) is 20.0 Å². The summed E-state index contributed by atoms with van der Waals surface area (Å²) in [7, 11) is 0. The van der Waals surface area contributed by atoms with Crippen LogP contribution in [0.5, 0.6) is 0 Å². The molecular formula is C13H12N4. The summed E-state index contributed by atoms with van der Waals surface area (Å²) in [5.41, 5.74) is 4.15. The Kier molecular flexibility index (Phi) is 2.33. The zero-order chi connectivity index (χ0) is 11.7. The molecule has 84 valence electrons. The van der Waals surface area contributed by atoms with Gasteiger partial charge in [-0.2, -0.15) is 0 Å². The fourth-order valence-electron chi connectivity index (χ4n) is 1.95. The number of aryl methyl sites for hydroxylation is 1. The summed E-state index contributed by atoms with van der Waals surface area (Å²) in [6.45, 7) is 2.11. The van der Waals surface area contributed by atoms with E-state index in [0.717, 1.165) is 23.1 Å². The van der Waals surface area contributed by atoms with Gasteiger partial charge in [-0.3, -0.25) is 4.98 Å². The highest BCUT2D eigenvalue weighted by Gasteiger charge is 2.08. The van der Waals surface area contributed by atoms with Gasteiger partial charge in [-0.1, -0.05) is 24.3 Å². The Labute approximate surface area is 98.9 Å². The Hall–Kier alpha value is -2.23. The molecule has 0 unspecified atom stereocenters. The van der Waals surface area contributed by atoms with Crippen LogP contribution < -0.4 is 0 Å². The third-order valence-corrected chi connectivity index (χ3v) is 2.84. The van der Waals surface area contributed by atoms with Crippen molar-refractivity contribution in [2.45, 2.75) is 13.3 Å². The molecular weight excluding hydrogens is 212 g/mol. The van der Waals surface area contributed by atoms with E-state index in [2.05, 4.69) is 22.2 Å². The molecule has 0 saturated heterocycles. The first-order valence-corrected chi connectivity index (χ1v) is 5.64. The second-order valence-electron chi connectivity index (χ2n) is 3.85. The number of nitrogens with zero attached hydrogens (tertiary/aromatic N) is 4. The number of benzene rings is 1. The van der Waals surface area contributed by atoms with Crippen molar-refractivity contribution in [3.8, 4) is 5.69 Å². The van der Waals surface area contributed by atoms with Crippen LogP contribution >= 0.6 is 0 Å². The smallest absolute Gasteiger partial charge is 0.113 e. The van der Waals surface area contributed by atoms with E-state index in [4.69, 9.17) is 0 Å². The third-order valence-electron chi connectivity index (χ3n) is 2.84. The molecule has 17 heavy (non-hydrogen) atoms. The summed E-state index contributed by atoms with van der Waals surface area (Å²) >= 11 is 0. The fourth-order valence-corrected chi connectivity index (χ4v) is 1.95. The van der Waals surface area contributed by atoms with Crippen LogP contribution in [-0.2, 0) is 6.42 Å². The molecule has 0 spiro atoms. The van der Waals surface area contributed by atoms with Crippen molar-refractivity contribution in [1.29, 1.82) is 0 Å². The van der Waals surface area contributed by atoms with Gasteiger partial charge in [-0.15, -0.1) is 5.10 Å². The Bertz CT molecular complexity index is 657. The summed E-state index contributed by atoms with van der Waals surface area (Å²) < 4.78 is 1.87. The first-order valence-electron chi connectivity index (χ1n) is 5.64. The molecule has 3 rings (SSSR count). The molecule has 2 heterocycles. The molecule has 0 aliphatic heterocycles. The topological polar surface area (TPSA) is 43.6 Å². The molecule has 0 bridgehead atoms. The molecule has 2 aromatic heterocycles. The average Bonchev–Trinajstić information content (AvgIpc) is 2.82. The van der Waals surface area contributed by atoms with Crippen LogP contribution in [0.3, 0.4) is 0 Å². The lowest BCUT2D eigenvalue weighted by Gasteiger charge is -2.06. The summed E-state index contributed by atoms with van der Waals surface area (Å²) in [5.74, 6) is 0. The first kappa shape index (κ1) is 9.96. The van der Waals surface area contributed by atoms with E-state index < -0.39 is 0 Å². The minimum atomic E-state index is 0.909. The van der Waals surface area contributed by atoms with Crippen LogP contribution in [0.1, 0.15) is 12.5 Å². The molecule has 0 N–H and O–H groups in total. The van der Waals surface area contributed by atoms with E-state index in [1.807, 2.05) is 41.2 Å². The molecule has 4 heteroatoms. The number of pyridine rings is 1. The Balaban J connectivity index is 2.27. The molecule has 1 aromatic carbocycles. The predicted octanol–water partition coefficient (Wildman–Crippen LogP) is 2.38. The van der Waals surface area contributed by atoms with Gasteiger partial charge >= 0.3 is 0 Å². The van der Waals surface area contributed by atoms with Gasteiger partial charge in [0.15, 0.2) is 0 Å². The van der Waals surface area contributed by atoms with Crippen molar-refractivity contribution in [2.24, 2.45) is 0 Å². The SMILES string of the molecule is CCc1cnccc1-n1nnc2ccccc21. The minimum absolute atomic E-state index is 0.909. The number of hydrogen-bond acceptors (Lipinski definition) is 3. The van der Waals surface area contributed by atoms with E-state index in [0.29, 0.717) is 0 Å². The van der Waals surface area contributed by atoms with Crippen LogP contribution in [0.2, 0.25) is 0 Å². The van der Waals surface area contributed by atoms with Crippen LogP contribution in [0, 0.1) is 0 Å². The van der Waals surface area contributed by atoms with E-state index >= 15 is 0 Å². The molecule has 3 aromatic rings. The lowest BCUT2D eigenvalue weighted by molar-refractivity contribution is 0.810. The van der Waals surface area contributed by atoms with Gasteiger partial charge < -0.3 is 0 Å². The second kappa shape index (κ2) is 3.97. The maximum atomic E-state index is 4.21. The van der Waals surface area contributed by atoms with Gasteiger partial charge in [0, 0.05) is 12.4 Å². The number of para-hydroxylation sites is 1. The van der Waals surface area contributed by atoms with Crippen LogP contribution in [-0.4, -0.2) is 20.0 Å². The van der Waals surface area contributed by atoms with Crippen molar-refractivity contribution in [3.05, 3.63) is 48.3 Å². The summed E-state index contributed by atoms with van der Waals surface area (Å²) in [5, 5.41) is 8.38. The molecule has 0 fully saturated rings. The summed E-state index contributed by atoms with van der Waals surface area (Å²) in [6, 6.07) is 9.92. The van der Waals surface area contributed by atoms with Gasteiger partial charge in [0.2, 0.25) is 0 Å². The van der Waals surface area contributed by atoms with Crippen LogP contribution in [0.25, 0.3) is 16.7 Å². The Morgan fingerprint density at radius 3 is 2.94 bits per heavy atom. The zero-order valence-electron chi connectivity index (χ0n) is 9.54. The van der Waals surface area contributed by atoms with Crippen LogP contribution in [0.15, 0.2) is 42.7 Å². The van der Waals surface area contributed by atoms with E-state index in [9.17, 15) is 0 Å². The van der Waals surface area contributed by atoms with E-state index in [1.54, 1.807) is 6.20 Å². The lowest BCUT2D eigenvalue weighted by Crippen LogP contribution is -2.01. The lowest BCUT2D eigenvalue weighted by atomic mass is 10.2. The zero-order valence-corrected chi connectivity index (χ0v) is 9.54. The third kappa shape index (κ3) is 1.58. The van der Waals surface area contributed by atoms with Crippen molar-refractivity contribution < 1.29 is 0 Å². The summed E-state index contributed by atoms with van der Waals surface area (Å²) in [6.07, 6.45) is 4.59. The van der Waals surface area contributed by atoms with Crippen molar-refractivity contribution >= 4 is 11.0 Å². The molecule has 4 nitrogen and oxygen atoms in total. The van der Waals surface area contributed by atoms with Crippen molar-refractivity contribution in [2.75, 3.05) is 0 Å². The minimum Gasteiger partial charge on any atom is -0.264 e. The number of rotatable bonds is 2. The van der Waals surface area contributed by atoms with Gasteiger partial charge in [-0.25, -0.2) is 4.68 Å². The number of fused-ring (bicyclic) bond motifs is 1.